The first-order valence-electron chi connectivity index (χ1n) is 7.89. The fourth-order valence-electron chi connectivity index (χ4n) is 2.75. The molecule has 0 amide bonds. The molecule has 0 fully saturated rings. The third kappa shape index (κ3) is 3.60. The summed E-state index contributed by atoms with van der Waals surface area (Å²) in [6, 6.07) is 13.1. The highest BCUT2D eigenvalue weighted by molar-refractivity contribution is 6.30. The van der Waals surface area contributed by atoms with E-state index < -0.39 is 0 Å². The van der Waals surface area contributed by atoms with Crippen molar-refractivity contribution in [3.63, 3.8) is 0 Å². The van der Waals surface area contributed by atoms with Crippen LogP contribution < -0.4 is 0 Å². The average Bonchev–Trinajstić information content (AvgIpc) is 2.97. The Morgan fingerprint density at radius 3 is 2.62 bits per heavy atom. The molecule has 24 heavy (non-hydrogen) atoms. The fraction of sp³-hybridized carbons (Fsp3) is 0.263. The van der Waals surface area contributed by atoms with E-state index in [1.54, 1.807) is 12.1 Å². The van der Waals surface area contributed by atoms with Gasteiger partial charge in [0.25, 0.3) is 0 Å². The summed E-state index contributed by atoms with van der Waals surface area (Å²) in [5, 5.41) is 0.652. The number of carbonyl (C=O) groups is 1. The highest BCUT2D eigenvalue weighted by Gasteiger charge is 2.26. The van der Waals surface area contributed by atoms with Crippen LogP contribution in [0.2, 0.25) is 5.02 Å². The number of fused-ring (bicyclic) bond motifs is 1. The number of aromatic nitrogens is 2. The van der Waals surface area contributed by atoms with Crippen LogP contribution in [0.5, 0.6) is 0 Å². The van der Waals surface area contributed by atoms with Gasteiger partial charge in [-0.15, -0.1) is 0 Å². The molecule has 0 saturated heterocycles. The predicted molar refractivity (Wildman–Crippen MR) is 94.0 cm³/mol. The zero-order valence-corrected chi connectivity index (χ0v) is 14.4. The van der Waals surface area contributed by atoms with Crippen LogP contribution in [0.15, 0.2) is 54.9 Å². The lowest BCUT2D eigenvalue weighted by Gasteiger charge is -2.19. The highest BCUT2D eigenvalue weighted by Crippen LogP contribution is 2.27. The van der Waals surface area contributed by atoms with Gasteiger partial charge in [0.05, 0.1) is 11.6 Å². The first-order valence-corrected chi connectivity index (χ1v) is 8.27. The molecule has 2 aromatic heterocycles. The topological polar surface area (TPSA) is 43.6 Å². The molecule has 124 valence electrons. The zero-order valence-electron chi connectivity index (χ0n) is 13.6. The Hall–Kier alpha value is -2.33. The minimum atomic E-state index is -0.320. The smallest absolute Gasteiger partial charge is 0.314 e. The molecular weight excluding hydrogens is 324 g/mol. The van der Waals surface area contributed by atoms with E-state index in [1.807, 2.05) is 61.0 Å². The fourth-order valence-corrected chi connectivity index (χ4v) is 2.88. The van der Waals surface area contributed by atoms with Crippen LogP contribution >= 0.6 is 11.6 Å². The molecule has 0 unspecified atom stereocenters. The van der Waals surface area contributed by atoms with Gasteiger partial charge < -0.3 is 9.14 Å². The van der Waals surface area contributed by atoms with E-state index in [9.17, 15) is 4.79 Å². The molecule has 0 radical (unpaired) electrons. The van der Waals surface area contributed by atoms with E-state index in [1.165, 1.54) is 0 Å². The van der Waals surface area contributed by atoms with Crippen LogP contribution in [0.3, 0.4) is 0 Å². The van der Waals surface area contributed by atoms with Crippen molar-refractivity contribution in [2.45, 2.75) is 26.4 Å². The molecule has 3 aromatic rings. The largest absolute Gasteiger partial charge is 0.459 e. The molecule has 0 saturated carbocycles. The maximum absolute atomic E-state index is 12.6. The van der Waals surface area contributed by atoms with Gasteiger partial charge in [0.15, 0.2) is 0 Å². The minimum Gasteiger partial charge on any atom is -0.459 e. The van der Waals surface area contributed by atoms with Gasteiger partial charge in [-0.2, -0.15) is 0 Å². The summed E-state index contributed by atoms with van der Waals surface area (Å²) >= 11 is 5.93. The molecular formula is C19H19ClN2O2. The summed E-state index contributed by atoms with van der Waals surface area (Å²) in [4.78, 5) is 17.0. The quantitative estimate of drug-likeness (QED) is 0.642. The number of imidazole rings is 1. The molecule has 0 bridgehead atoms. The lowest BCUT2D eigenvalue weighted by Crippen LogP contribution is -2.20. The van der Waals surface area contributed by atoms with Crippen molar-refractivity contribution in [3.05, 3.63) is 71.1 Å². The maximum Gasteiger partial charge on any atom is 0.314 e. The van der Waals surface area contributed by atoms with Crippen molar-refractivity contribution in [2.75, 3.05) is 0 Å². The third-order valence-corrected chi connectivity index (χ3v) is 4.18. The first-order chi connectivity index (χ1) is 11.5. The Kier molecular flexibility index (Phi) is 4.86. The number of ether oxygens (including phenoxy) is 1. The normalized spacial score (nSPS) is 12.5. The molecule has 1 atom stereocenters. The summed E-state index contributed by atoms with van der Waals surface area (Å²) in [6.07, 6.45) is 3.79. The molecule has 5 heteroatoms. The van der Waals surface area contributed by atoms with Gasteiger partial charge in [-0.3, -0.25) is 4.79 Å². The minimum absolute atomic E-state index is 0.125. The standard InChI is InChI=1S/C19H19ClN2O2/c1-13(2)18(14-6-8-15(20)9-7-14)19(23)24-12-16-11-22-10-4-3-5-17(22)21-16/h3-11,13,18H,12H2,1-2H3/t18-/m0/s1. The van der Waals surface area contributed by atoms with E-state index in [0.29, 0.717) is 5.02 Å². The van der Waals surface area contributed by atoms with Gasteiger partial charge in [0, 0.05) is 17.4 Å². The SMILES string of the molecule is CC(C)[C@H](C(=O)OCc1cn2ccccc2n1)c1ccc(Cl)cc1. The summed E-state index contributed by atoms with van der Waals surface area (Å²) in [5.41, 5.74) is 2.48. The number of pyridine rings is 1. The summed E-state index contributed by atoms with van der Waals surface area (Å²) in [5.74, 6) is -0.441. The Morgan fingerprint density at radius 1 is 1.21 bits per heavy atom. The molecule has 2 heterocycles. The molecule has 0 aliphatic carbocycles. The summed E-state index contributed by atoms with van der Waals surface area (Å²) in [6.45, 7) is 4.17. The van der Waals surface area contributed by atoms with E-state index in [-0.39, 0.29) is 24.4 Å². The molecule has 3 rings (SSSR count). The van der Waals surface area contributed by atoms with E-state index in [2.05, 4.69) is 4.98 Å². The van der Waals surface area contributed by atoms with Gasteiger partial charge in [0.2, 0.25) is 0 Å². The van der Waals surface area contributed by atoms with Crippen molar-refractivity contribution >= 4 is 23.2 Å². The van der Waals surface area contributed by atoms with Crippen LogP contribution in [-0.2, 0) is 16.1 Å². The second-order valence-corrected chi connectivity index (χ2v) is 6.52. The van der Waals surface area contributed by atoms with Crippen molar-refractivity contribution in [3.8, 4) is 0 Å². The highest BCUT2D eigenvalue weighted by atomic mass is 35.5. The molecule has 0 spiro atoms. The van der Waals surface area contributed by atoms with E-state index >= 15 is 0 Å². The Labute approximate surface area is 146 Å². The molecule has 0 N–H and O–H groups in total. The average molecular weight is 343 g/mol. The molecule has 0 aliphatic rings. The van der Waals surface area contributed by atoms with Gasteiger partial charge in [-0.05, 0) is 35.7 Å². The summed E-state index contributed by atoms with van der Waals surface area (Å²) in [7, 11) is 0. The molecule has 4 nitrogen and oxygen atoms in total. The Morgan fingerprint density at radius 2 is 1.96 bits per heavy atom. The van der Waals surface area contributed by atoms with Crippen LogP contribution in [0, 0.1) is 5.92 Å². The van der Waals surface area contributed by atoms with Crippen molar-refractivity contribution in [2.24, 2.45) is 5.92 Å². The predicted octanol–water partition coefficient (Wildman–Crippen LogP) is 4.47. The number of benzene rings is 1. The number of carbonyl (C=O) groups excluding carboxylic acids is 1. The van der Waals surface area contributed by atoms with E-state index in [0.717, 1.165) is 16.9 Å². The molecule has 1 aromatic carbocycles. The summed E-state index contributed by atoms with van der Waals surface area (Å²) < 4.78 is 7.42. The zero-order chi connectivity index (χ0) is 17.1. The number of esters is 1. The Balaban J connectivity index is 1.72. The number of hydrogen-bond donors (Lipinski definition) is 0. The third-order valence-electron chi connectivity index (χ3n) is 3.93. The van der Waals surface area contributed by atoms with E-state index in [4.69, 9.17) is 16.3 Å². The number of nitrogens with zero attached hydrogens (tertiary/aromatic N) is 2. The second-order valence-electron chi connectivity index (χ2n) is 6.08. The number of hydrogen-bond acceptors (Lipinski definition) is 3. The molecule has 0 aliphatic heterocycles. The number of rotatable bonds is 5. The van der Waals surface area contributed by atoms with Crippen molar-refractivity contribution in [1.29, 1.82) is 0 Å². The Bertz CT molecular complexity index is 807. The van der Waals surface area contributed by atoms with Gasteiger partial charge in [-0.25, -0.2) is 4.98 Å². The van der Waals surface area contributed by atoms with Crippen LogP contribution in [-0.4, -0.2) is 15.4 Å². The first kappa shape index (κ1) is 16.5. The monoisotopic (exact) mass is 342 g/mol. The number of halogens is 1. The van der Waals surface area contributed by atoms with Gasteiger partial charge >= 0.3 is 5.97 Å². The van der Waals surface area contributed by atoms with Crippen LogP contribution in [0.1, 0.15) is 31.0 Å². The second kappa shape index (κ2) is 7.05. The lowest BCUT2D eigenvalue weighted by atomic mass is 9.88. The van der Waals surface area contributed by atoms with Crippen LogP contribution in [0.4, 0.5) is 0 Å². The van der Waals surface area contributed by atoms with Crippen molar-refractivity contribution in [1.82, 2.24) is 9.38 Å². The van der Waals surface area contributed by atoms with Crippen molar-refractivity contribution < 1.29 is 9.53 Å². The van der Waals surface area contributed by atoms with Gasteiger partial charge in [0.1, 0.15) is 12.3 Å². The lowest BCUT2D eigenvalue weighted by molar-refractivity contribution is -0.148. The van der Waals surface area contributed by atoms with Gasteiger partial charge in [-0.1, -0.05) is 43.6 Å². The maximum atomic E-state index is 12.6. The van der Waals surface area contributed by atoms with Crippen LogP contribution in [0.25, 0.3) is 5.65 Å².